The van der Waals surface area contributed by atoms with Gasteiger partial charge in [-0.1, -0.05) is 6.07 Å². The molecule has 0 atom stereocenters. The second-order valence-electron chi connectivity index (χ2n) is 4.98. The summed E-state index contributed by atoms with van der Waals surface area (Å²) in [6.45, 7) is 0. The fraction of sp³-hybridized carbons (Fsp3) is 0.0667. The van der Waals surface area contributed by atoms with Crippen LogP contribution >= 0.6 is 0 Å². The van der Waals surface area contributed by atoms with Gasteiger partial charge in [-0.15, -0.1) is 0 Å². The van der Waals surface area contributed by atoms with Gasteiger partial charge < -0.3 is 0 Å². The Kier molecular flexibility index (Phi) is 2.41. The maximum atomic E-state index is 12.1. The van der Waals surface area contributed by atoms with Crippen molar-refractivity contribution in [2.75, 3.05) is 0 Å². The minimum Gasteiger partial charge on any atom is -0.295 e. The van der Waals surface area contributed by atoms with Crippen molar-refractivity contribution in [3.8, 4) is 17.3 Å². The quantitative estimate of drug-likeness (QED) is 0.574. The Morgan fingerprint density at radius 2 is 2.18 bits per heavy atom. The van der Waals surface area contributed by atoms with Crippen LogP contribution in [0.1, 0.15) is 5.56 Å². The molecule has 0 fully saturated rings. The minimum absolute atomic E-state index is 0.257. The molecule has 0 saturated heterocycles. The fourth-order valence-electron chi connectivity index (χ4n) is 2.53. The van der Waals surface area contributed by atoms with Crippen molar-refractivity contribution >= 4 is 16.6 Å². The summed E-state index contributed by atoms with van der Waals surface area (Å²) in [6.07, 6.45) is 3.24. The summed E-state index contributed by atoms with van der Waals surface area (Å²) in [5.74, 6) is 0. The highest BCUT2D eigenvalue weighted by Gasteiger charge is 2.11. The van der Waals surface area contributed by atoms with E-state index in [1.54, 1.807) is 10.9 Å². The van der Waals surface area contributed by atoms with E-state index in [1.165, 1.54) is 16.8 Å². The number of aryl methyl sites for hydroxylation is 1. The lowest BCUT2D eigenvalue weighted by Gasteiger charge is -2.02. The van der Waals surface area contributed by atoms with Crippen molar-refractivity contribution < 1.29 is 0 Å². The van der Waals surface area contributed by atoms with Gasteiger partial charge in [0, 0.05) is 30.3 Å². The summed E-state index contributed by atoms with van der Waals surface area (Å²) in [5.41, 5.74) is 2.75. The predicted octanol–water partition coefficient (Wildman–Crippen LogP) is 1.45. The number of hydrogen-bond acceptors (Lipinski definition) is 4. The van der Waals surface area contributed by atoms with Gasteiger partial charge in [-0.3, -0.25) is 14.6 Å². The third kappa shape index (κ3) is 1.64. The topological polar surface area (TPSA) is 91.8 Å². The van der Waals surface area contributed by atoms with Crippen LogP contribution in [-0.2, 0) is 7.05 Å². The van der Waals surface area contributed by atoms with Crippen molar-refractivity contribution in [2.45, 2.75) is 0 Å². The molecule has 1 aromatic carbocycles. The van der Waals surface area contributed by atoms with Crippen LogP contribution < -0.4 is 5.56 Å². The Bertz CT molecular complexity index is 1120. The van der Waals surface area contributed by atoms with Crippen LogP contribution in [0.2, 0.25) is 0 Å². The van der Waals surface area contributed by atoms with Gasteiger partial charge in [0.2, 0.25) is 0 Å². The third-order valence-electron chi connectivity index (χ3n) is 3.66. The molecule has 106 valence electrons. The number of nitrogens with one attached hydrogen (secondary N) is 1. The number of benzene rings is 1. The Hall–Kier alpha value is -3.40. The Morgan fingerprint density at radius 1 is 1.32 bits per heavy atom. The van der Waals surface area contributed by atoms with Crippen LogP contribution in [0.15, 0.2) is 41.5 Å². The molecule has 7 heteroatoms. The number of aromatic nitrogens is 5. The van der Waals surface area contributed by atoms with E-state index in [9.17, 15) is 4.79 Å². The van der Waals surface area contributed by atoms with Gasteiger partial charge in [0.05, 0.1) is 17.4 Å². The van der Waals surface area contributed by atoms with Crippen molar-refractivity contribution in [2.24, 2.45) is 7.05 Å². The first-order valence-corrected chi connectivity index (χ1v) is 6.61. The lowest BCUT2D eigenvalue weighted by atomic mass is 10.1. The summed E-state index contributed by atoms with van der Waals surface area (Å²) in [7, 11) is 1.87. The van der Waals surface area contributed by atoms with Crippen LogP contribution in [0, 0.1) is 11.3 Å². The molecule has 4 rings (SSSR count). The van der Waals surface area contributed by atoms with Crippen molar-refractivity contribution in [1.29, 1.82) is 5.26 Å². The van der Waals surface area contributed by atoms with E-state index >= 15 is 0 Å². The van der Waals surface area contributed by atoms with Crippen molar-refractivity contribution in [1.82, 2.24) is 24.4 Å². The Morgan fingerprint density at radius 3 is 3.00 bits per heavy atom. The van der Waals surface area contributed by atoms with Gasteiger partial charge in [-0.05, 0) is 12.1 Å². The van der Waals surface area contributed by atoms with Crippen LogP contribution in [-0.4, -0.2) is 24.4 Å². The minimum atomic E-state index is -0.257. The maximum Gasteiger partial charge on any atom is 0.273 e. The molecule has 7 nitrogen and oxygen atoms in total. The standard InChI is InChI=1S/C15H10N6O/c1-20-13-3-2-9(4-10(13)7-17-20)12-5-14(22)21-15(19-12)11(6-16)8-18-21/h2-5,7-8,18H,1H3. The average Bonchev–Trinajstić information content (AvgIpc) is 3.11. The van der Waals surface area contributed by atoms with E-state index in [0.717, 1.165) is 16.5 Å². The molecule has 22 heavy (non-hydrogen) atoms. The molecule has 0 unspecified atom stereocenters. The van der Waals surface area contributed by atoms with Crippen LogP contribution in [0.3, 0.4) is 0 Å². The molecule has 0 aliphatic rings. The Balaban J connectivity index is 1.99. The number of aromatic amines is 1. The second kappa shape index (κ2) is 4.30. The largest absolute Gasteiger partial charge is 0.295 e. The first-order valence-electron chi connectivity index (χ1n) is 6.61. The number of nitrogens with zero attached hydrogens (tertiary/aromatic N) is 5. The monoisotopic (exact) mass is 290 g/mol. The lowest BCUT2D eigenvalue weighted by molar-refractivity contribution is 0.797. The van der Waals surface area contributed by atoms with Gasteiger partial charge in [0.1, 0.15) is 11.6 Å². The smallest absolute Gasteiger partial charge is 0.273 e. The highest BCUT2D eigenvalue weighted by Crippen LogP contribution is 2.22. The average molecular weight is 290 g/mol. The molecule has 0 aliphatic heterocycles. The summed E-state index contributed by atoms with van der Waals surface area (Å²) in [6, 6.07) is 9.22. The predicted molar refractivity (Wildman–Crippen MR) is 80.2 cm³/mol. The van der Waals surface area contributed by atoms with Gasteiger partial charge >= 0.3 is 0 Å². The zero-order valence-corrected chi connectivity index (χ0v) is 11.6. The molecular formula is C15H10N6O. The third-order valence-corrected chi connectivity index (χ3v) is 3.66. The van der Waals surface area contributed by atoms with Gasteiger partial charge in [0.15, 0.2) is 5.65 Å². The van der Waals surface area contributed by atoms with Gasteiger partial charge in [-0.25, -0.2) is 9.50 Å². The zero-order valence-electron chi connectivity index (χ0n) is 11.6. The van der Waals surface area contributed by atoms with E-state index in [-0.39, 0.29) is 5.56 Å². The van der Waals surface area contributed by atoms with Crippen LogP contribution in [0.4, 0.5) is 0 Å². The summed E-state index contributed by atoms with van der Waals surface area (Å²) in [4.78, 5) is 16.6. The molecule has 3 heterocycles. The van der Waals surface area contributed by atoms with Gasteiger partial charge in [0.25, 0.3) is 5.56 Å². The normalized spacial score (nSPS) is 11.1. The molecule has 0 bridgehead atoms. The first-order chi connectivity index (χ1) is 10.7. The summed E-state index contributed by atoms with van der Waals surface area (Å²) in [5, 5.41) is 17.0. The van der Waals surface area contributed by atoms with E-state index in [0.29, 0.717) is 16.9 Å². The van der Waals surface area contributed by atoms with E-state index < -0.39 is 0 Å². The maximum absolute atomic E-state index is 12.1. The molecular weight excluding hydrogens is 280 g/mol. The number of fused-ring (bicyclic) bond motifs is 2. The molecule has 0 amide bonds. The van der Waals surface area contributed by atoms with Crippen LogP contribution in [0.5, 0.6) is 0 Å². The van der Waals surface area contributed by atoms with Crippen LogP contribution in [0.25, 0.3) is 27.8 Å². The molecule has 0 saturated carbocycles. The molecule has 4 aromatic rings. The highest BCUT2D eigenvalue weighted by atomic mass is 16.1. The Labute approximate surface area is 124 Å². The number of nitriles is 1. The molecule has 0 aliphatic carbocycles. The second-order valence-corrected chi connectivity index (χ2v) is 4.98. The number of rotatable bonds is 1. The van der Waals surface area contributed by atoms with E-state index in [4.69, 9.17) is 5.26 Å². The first kappa shape index (κ1) is 12.3. The molecule has 0 spiro atoms. The lowest BCUT2D eigenvalue weighted by Crippen LogP contribution is -2.14. The van der Waals surface area contributed by atoms with Crippen molar-refractivity contribution in [3.05, 3.63) is 52.6 Å². The zero-order chi connectivity index (χ0) is 15.3. The van der Waals surface area contributed by atoms with Crippen molar-refractivity contribution in [3.63, 3.8) is 0 Å². The number of H-pyrrole nitrogens is 1. The molecule has 0 radical (unpaired) electrons. The van der Waals surface area contributed by atoms with E-state index in [1.807, 2.05) is 31.3 Å². The summed E-state index contributed by atoms with van der Waals surface area (Å²) >= 11 is 0. The molecule has 3 aromatic heterocycles. The molecule has 1 N–H and O–H groups in total. The number of hydrogen-bond donors (Lipinski definition) is 1. The highest BCUT2D eigenvalue weighted by molar-refractivity contribution is 5.84. The van der Waals surface area contributed by atoms with E-state index in [2.05, 4.69) is 15.2 Å². The van der Waals surface area contributed by atoms with Gasteiger partial charge in [-0.2, -0.15) is 10.4 Å². The fourth-order valence-corrected chi connectivity index (χ4v) is 2.53. The summed E-state index contributed by atoms with van der Waals surface area (Å²) < 4.78 is 3.04. The SMILES string of the molecule is Cn1ncc2cc(-c3cc(=O)n4[nH]cc(C#N)c4n3)ccc21.